The molecule has 4 heteroatoms. The molecule has 1 N–H and O–H groups in total. The van der Waals surface area contributed by atoms with Crippen LogP contribution in [0.4, 0.5) is 4.79 Å². The lowest BCUT2D eigenvalue weighted by molar-refractivity contribution is -0.000935. The second kappa shape index (κ2) is 11.8. The first kappa shape index (κ1) is 20.5. The van der Waals surface area contributed by atoms with Crippen molar-refractivity contribution >= 4 is 6.09 Å². The predicted molar refractivity (Wildman–Crippen MR) is 102 cm³/mol. The maximum absolute atomic E-state index is 11.5. The van der Waals surface area contributed by atoms with Crippen LogP contribution in [0.15, 0.2) is 0 Å². The van der Waals surface area contributed by atoms with E-state index in [1.54, 1.807) is 4.90 Å². The van der Waals surface area contributed by atoms with Gasteiger partial charge in [0.1, 0.15) is 6.61 Å². The van der Waals surface area contributed by atoms with Crippen LogP contribution in [-0.4, -0.2) is 41.4 Å². The topological polar surface area (TPSA) is 49.8 Å². The number of carbonyl (C=O) groups excluding carboxylic acids is 1. The molecule has 2 saturated heterocycles. The number of fused-ring (bicyclic) bond motifs is 1. The van der Waals surface area contributed by atoms with Gasteiger partial charge in [-0.3, -0.25) is 4.90 Å². The summed E-state index contributed by atoms with van der Waals surface area (Å²) in [6.45, 7) is 3.39. The quantitative estimate of drug-likeness (QED) is 0.458. The van der Waals surface area contributed by atoms with Crippen molar-refractivity contribution in [2.24, 2.45) is 5.92 Å². The number of hydrogen-bond acceptors (Lipinski definition) is 3. The number of ether oxygens (including phenoxy) is 1. The number of piperidine rings is 1. The maximum Gasteiger partial charge on any atom is 0.410 e. The molecule has 0 aromatic heterocycles. The van der Waals surface area contributed by atoms with E-state index in [0.717, 1.165) is 19.4 Å². The summed E-state index contributed by atoms with van der Waals surface area (Å²) in [5.41, 5.74) is 0. The molecule has 0 unspecified atom stereocenters. The van der Waals surface area contributed by atoms with E-state index in [9.17, 15) is 9.90 Å². The van der Waals surface area contributed by atoms with Gasteiger partial charge in [-0.25, -0.2) is 4.79 Å². The molecule has 2 heterocycles. The van der Waals surface area contributed by atoms with Crippen molar-refractivity contribution in [1.82, 2.24) is 4.90 Å². The maximum atomic E-state index is 11.5. The Bertz CT molecular complexity index is 374. The lowest BCUT2D eigenvalue weighted by Crippen LogP contribution is -2.51. The van der Waals surface area contributed by atoms with E-state index in [-0.39, 0.29) is 12.1 Å². The van der Waals surface area contributed by atoms with Crippen molar-refractivity contribution in [3.05, 3.63) is 0 Å². The number of aliphatic hydroxyl groups is 1. The fourth-order valence-corrected chi connectivity index (χ4v) is 4.36. The lowest BCUT2D eigenvalue weighted by atomic mass is 9.84. The molecule has 0 radical (unpaired) electrons. The first-order chi connectivity index (χ1) is 12.2. The van der Waals surface area contributed by atoms with Crippen molar-refractivity contribution in [3.8, 4) is 0 Å². The molecule has 0 bridgehead atoms. The van der Waals surface area contributed by atoms with Crippen LogP contribution in [-0.2, 0) is 4.74 Å². The molecule has 0 aliphatic carbocycles. The fraction of sp³-hybridized carbons (Fsp3) is 0.952. The molecule has 146 valence electrons. The SMILES string of the molecule is CCCCCCCCCCCCCC[C@H]1CCN2C(=O)OC[C@H]2[C@@H]1O. The van der Waals surface area contributed by atoms with E-state index in [1.807, 2.05) is 0 Å². The van der Waals surface area contributed by atoms with Crippen molar-refractivity contribution in [2.75, 3.05) is 13.2 Å². The highest BCUT2D eigenvalue weighted by Gasteiger charge is 2.44. The van der Waals surface area contributed by atoms with Crippen molar-refractivity contribution < 1.29 is 14.6 Å². The summed E-state index contributed by atoms with van der Waals surface area (Å²) in [7, 11) is 0. The van der Waals surface area contributed by atoms with Crippen molar-refractivity contribution in [3.63, 3.8) is 0 Å². The Morgan fingerprint density at radius 3 is 2.12 bits per heavy atom. The van der Waals surface area contributed by atoms with Crippen molar-refractivity contribution in [1.29, 1.82) is 0 Å². The van der Waals surface area contributed by atoms with Gasteiger partial charge in [-0.2, -0.15) is 0 Å². The zero-order valence-electron chi connectivity index (χ0n) is 16.3. The number of carbonyl (C=O) groups is 1. The Morgan fingerprint density at radius 1 is 0.960 bits per heavy atom. The summed E-state index contributed by atoms with van der Waals surface area (Å²) in [6, 6.07) is -0.0939. The summed E-state index contributed by atoms with van der Waals surface area (Å²) in [5, 5.41) is 10.5. The molecular formula is C21H39NO3. The Kier molecular flexibility index (Phi) is 9.67. The molecule has 2 fully saturated rings. The summed E-state index contributed by atoms with van der Waals surface area (Å²) < 4.78 is 5.06. The van der Waals surface area contributed by atoms with Gasteiger partial charge in [-0.15, -0.1) is 0 Å². The van der Waals surface area contributed by atoms with E-state index in [4.69, 9.17) is 4.74 Å². The minimum atomic E-state index is -0.395. The smallest absolute Gasteiger partial charge is 0.410 e. The van der Waals surface area contributed by atoms with Crippen LogP contribution in [0.1, 0.15) is 96.8 Å². The number of nitrogens with zero attached hydrogens (tertiary/aromatic N) is 1. The van der Waals surface area contributed by atoms with Gasteiger partial charge in [-0.05, 0) is 18.8 Å². The third-order valence-electron chi connectivity index (χ3n) is 6.06. The third-order valence-corrected chi connectivity index (χ3v) is 6.06. The van der Waals surface area contributed by atoms with Gasteiger partial charge < -0.3 is 9.84 Å². The minimum absolute atomic E-state index is 0.0939. The summed E-state index contributed by atoms with van der Waals surface area (Å²) in [5.74, 6) is 0.346. The molecule has 1 amide bonds. The predicted octanol–water partition coefficient (Wildman–Crippen LogP) is 5.28. The van der Waals surface area contributed by atoms with Crippen LogP contribution in [0, 0.1) is 5.92 Å². The molecule has 0 aromatic rings. The molecule has 2 aliphatic heterocycles. The number of cyclic esters (lactones) is 1. The normalized spacial score (nSPS) is 25.9. The Labute approximate surface area is 154 Å². The number of aliphatic hydroxyl groups excluding tert-OH is 1. The zero-order valence-corrected chi connectivity index (χ0v) is 16.3. The highest BCUT2D eigenvalue weighted by atomic mass is 16.6. The molecule has 0 spiro atoms. The van der Waals surface area contributed by atoms with Gasteiger partial charge in [0.2, 0.25) is 0 Å². The second-order valence-electron chi connectivity index (χ2n) is 8.05. The molecule has 2 rings (SSSR count). The molecule has 3 atom stereocenters. The van der Waals surface area contributed by atoms with E-state index in [1.165, 1.54) is 77.0 Å². The van der Waals surface area contributed by atoms with Gasteiger partial charge in [0.05, 0.1) is 12.1 Å². The van der Waals surface area contributed by atoms with Crippen LogP contribution in [0.5, 0.6) is 0 Å². The summed E-state index contributed by atoms with van der Waals surface area (Å²) in [4.78, 5) is 13.2. The Hall–Kier alpha value is -0.770. The van der Waals surface area contributed by atoms with E-state index >= 15 is 0 Å². The van der Waals surface area contributed by atoms with Gasteiger partial charge in [0, 0.05) is 6.54 Å². The highest BCUT2D eigenvalue weighted by molar-refractivity contribution is 5.70. The first-order valence-electron chi connectivity index (χ1n) is 10.9. The van der Waals surface area contributed by atoms with Crippen LogP contribution < -0.4 is 0 Å². The van der Waals surface area contributed by atoms with Gasteiger partial charge in [0.15, 0.2) is 0 Å². The van der Waals surface area contributed by atoms with Crippen LogP contribution >= 0.6 is 0 Å². The number of amides is 1. The minimum Gasteiger partial charge on any atom is -0.447 e. The molecule has 0 saturated carbocycles. The van der Waals surface area contributed by atoms with Crippen LogP contribution in [0.25, 0.3) is 0 Å². The Morgan fingerprint density at radius 2 is 1.52 bits per heavy atom. The van der Waals surface area contributed by atoms with Crippen LogP contribution in [0.2, 0.25) is 0 Å². The second-order valence-corrected chi connectivity index (χ2v) is 8.05. The largest absolute Gasteiger partial charge is 0.447 e. The molecule has 4 nitrogen and oxygen atoms in total. The van der Waals surface area contributed by atoms with E-state index in [0.29, 0.717) is 12.5 Å². The lowest BCUT2D eigenvalue weighted by Gasteiger charge is -2.37. The van der Waals surface area contributed by atoms with E-state index in [2.05, 4.69) is 6.92 Å². The summed E-state index contributed by atoms with van der Waals surface area (Å²) in [6.07, 6.45) is 17.8. The van der Waals surface area contributed by atoms with Gasteiger partial charge in [0.25, 0.3) is 0 Å². The monoisotopic (exact) mass is 353 g/mol. The Balaban J connectivity index is 1.41. The van der Waals surface area contributed by atoms with Gasteiger partial charge >= 0.3 is 6.09 Å². The number of hydrogen-bond donors (Lipinski definition) is 1. The van der Waals surface area contributed by atoms with E-state index < -0.39 is 6.10 Å². The van der Waals surface area contributed by atoms with Crippen molar-refractivity contribution in [2.45, 2.75) is 109 Å². The number of rotatable bonds is 13. The standard InChI is InChI=1S/C21H39NO3/c1-2-3-4-5-6-7-8-9-10-11-12-13-14-18-15-16-22-19(20(18)23)17-25-21(22)24/h18-20,23H,2-17H2,1H3/t18-,19-,20+/m0/s1. The fourth-order valence-electron chi connectivity index (χ4n) is 4.36. The van der Waals surface area contributed by atoms with Gasteiger partial charge in [-0.1, -0.05) is 84.0 Å². The highest BCUT2D eigenvalue weighted by Crippen LogP contribution is 2.31. The molecule has 0 aromatic carbocycles. The average molecular weight is 354 g/mol. The van der Waals surface area contributed by atoms with Crippen LogP contribution in [0.3, 0.4) is 0 Å². The molecular weight excluding hydrogens is 314 g/mol. The zero-order chi connectivity index (χ0) is 17.9. The average Bonchev–Trinajstić information content (AvgIpc) is 2.99. The third kappa shape index (κ3) is 6.80. The summed E-state index contributed by atoms with van der Waals surface area (Å²) >= 11 is 0. The molecule has 25 heavy (non-hydrogen) atoms. The molecule has 2 aliphatic rings. The first-order valence-corrected chi connectivity index (χ1v) is 10.9. The number of unbranched alkanes of at least 4 members (excludes halogenated alkanes) is 11.